The molecule has 2 atom stereocenters. The van der Waals surface area contributed by atoms with Crippen molar-refractivity contribution < 1.29 is 0 Å². The van der Waals surface area contributed by atoms with Gasteiger partial charge in [-0.1, -0.05) is 0 Å². The highest BCUT2D eigenvalue weighted by Crippen LogP contribution is 2.19. The minimum Gasteiger partial charge on any atom is -0.304 e. The first-order chi connectivity index (χ1) is 4.20. The van der Waals surface area contributed by atoms with Crippen molar-refractivity contribution in [3.8, 4) is 0 Å². The number of likely N-dealkylation sites (tertiary alicyclic amines) is 1. The molecule has 1 aliphatic rings. The largest absolute Gasteiger partial charge is 0.304 e. The summed E-state index contributed by atoms with van der Waals surface area (Å²) in [6.07, 6.45) is 2.31. The summed E-state index contributed by atoms with van der Waals surface area (Å²) in [5, 5.41) is 0.427. The van der Waals surface area contributed by atoms with E-state index in [4.69, 9.17) is 11.6 Å². The van der Waals surface area contributed by atoms with Gasteiger partial charge in [0.1, 0.15) is 0 Å². The van der Waals surface area contributed by atoms with Crippen molar-refractivity contribution in [2.45, 2.75) is 31.2 Å². The van der Waals surface area contributed by atoms with Gasteiger partial charge in [-0.15, -0.1) is 11.6 Å². The van der Waals surface area contributed by atoms with Crippen molar-refractivity contribution in [3.05, 3.63) is 0 Å². The van der Waals surface area contributed by atoms with E-state index >= 15 is 0 Å². The van der Waals surface area contributed by atoms with Crippen LogP contribution >= 0.6 is 11.6 Å². The first kappa shape index (κ1) is 7.36. The summed E-state index contributed by atoms with van der Waals surface area (Å²) in [7, 11) is 2.16. The van der Waals surface area contributed by atoms with Gasteiger partial charge in [-0.3, -0.25) is 0 Å². The molecule has 1 fully saturated rings. The van der Waals surface area contributed by atoms with Crippen molar-refractivity contribution in [2.75, 3.05) is 13.6 Å². The van der Waals surface area contributed by atoms with Crippen LogP contribution in [0, 0.1) is 0 Å². The monoisotopic (exact) mass is 147 g/mol. The molecule has 2 heteroatoms. The van der Waals surface area contributed by atoms with E-state index in [2.05, 4.69) is 18.9 Å². The van der Waals surface area contributed by atoms with E-state index in [1.165, 1.54) is 0 Å². The van der Waals surface area contributed by atoms with Crippen molar-refractivity contribution in [3.63, 3.8) is 0 Å². The SMILES string of the molecule is CC1CC(Cl)CCN1C. The summed E-state index contributed by atoms with van der Waals surface area (Å²) in [4.78, 5) is 2.36. The molecule has 1 heterocycles. The Kier molecular flexibility index (Phi) is 2.36. The molecule has 0 amide bonds. The molecule has 1 saturated heterocycles. The molecule has 1 nitrogen and oxygen atoms in total. The molecule has 1 rings (SSSR count). The molecular weight excluding hydrogens is 134 g/mol. The van der Waals surface area contributed by atoms with Crippen molar-refractivity contribution in [1.29, 1.82) is 0 Å². The molecular formula is C7H14ClN. The summed E-state index contributed by atoms with van der Waals surface area (Å²) >= 11 is 5.95. The molecule has 0 aromatic carbocycles. The van der Waals surface area contributed by atoms with E-state index in [0.717, 1.165) is 19.4 Å². The maximum atomic E-state index is 5.95. The zero-order valence-electron chi connectivity index (χ0n) is 6.10. The quantitative estimate of drug-likeness (QED) is 0.472. The van der Waals surface area contributed by atoms with Crippen LogP contribution in [-0.4, -0.2) is 29.9 Å². The van der Waals surface area contributed by atoms with Crippen molar-refractivity contribution >= 4 is 11.6 Å². The van der Waals surface area contributed by atoms with Gasteiger partial charge in [0, 0.05) is 11.4 Å². The molecule has 1 aliphatic heterocycles. The Morgan fingerprint density at radius 1 is 1.56 bits per heavy atom. The molecule has 0 aromatic rings. The zero-order valence-corrected chi connectivity index (χ0v) is 6.86. The number of alkyl halides is 1. The second-order valence-corrected chi connectivity index (χ2v) is 3.57. The Morgan fingerprint density at radius 2 is 2.22 bits per heavy atom. The number of hydrogen-bond donors (Lipinski definition) is 0. The van der Waals surface area contributed by atoms with Crippen LogP contribution in [0.5, 0.6) is 0 Å². The smallest absolute Gasteiger partial charge is 0.0363 e. The number of piperidine rings is 1. The van der Waals surface area contributed by atoms with Crippen LogP contribution in [0.15, 0.2) is 0 Å². The van der Waals surface area contributed by atoms with Gasteiger partial charge < -0.3 is 4.90 Å². The Balaban J connectivity index is 2.35. The van der Waals surface area contributed by atoms with E-state index in [9.17, 15) is 0 Å². The number of rotatable bonds is 0. The first-order valence-electron chi connectivity index (χ1n) is 3.54. The van der Waals surface area contributed by atoms with E-state index in [1.54, 1.807) is 0 Å². The van der Waals surface area contributed by atoms with Crippen molar-refractivity contribution in [1.82, 2.24) is 4.90 Å². The number of halogens is 1. The van der Waals surface area contributed by atoms with Crippen LogP contribution in [0.1, 0.15) is 19.8 Å². The third kappa shape index (κ3) is 1.84. The van der Waals surface area contributed by atoms with Crippen LogP contribution in [0.25, 0.3) is 0 Å². The fraction of sp³-hybridized carbons (Fsp3) is 1.00. The topological polar surface area (TPSA) is 3.24 Å². The van der Waals surface area contributed by atoms with Gasteiger partial charge in [0.05, 0.1) is 0 Å². The zero-order chi connectivity index (χ0) is 6.85. The minimum absolute atomic E-state index is 0.427. The van der Waals surface area contributed by atoms with Crippen LogP contribution in [0.4, 0.5) is 0 Å². The average molecular weight is 148 g/mol. The lowest BCUT2D eigenvalue weighted by Crippen LogP contribution is -2.38. The minimum atomic E-state index is 0.427. The Labute approximate surface area is 62.0 Å². The Bertz CT molecular complexity index is 94.9. The lowest BCUT2D eigenvalue weighted by atomic mass is 10.0. The molecule has 0 saturated carbocycles. The van der Waals surface area contributed by atoms with E-state index < -0.39 is 0 Å². The highest BCUT2D eigenvalue weighted by molar-refractivity contribution is 6.20. The van der Waals surface area contributed by atoms with Gasteiger partial charge in [0.25, 0.3) is 0 Å². The van der Waals surface area contributed by atoms with E-state index in [1.807, 2.05) is 0 Å². The van der Waals surface area contributed by atoms with Crippen LogP contribution < -0.4 is 0 Å². The lowest BCUT2D eigenvalue weighted by Gasteiger charge is -2.32. The molecule has 54 valence electrons. The maximum absolute atomic E-state index is 5.95. The van der Waals surface area contributed by atoms with Gasteiger partial charge in [-0.05, 0) is 33.4 Å². The van der Waals surface area contributed by atoms with E-state index in [-0.39, 0.29) is 0 Å². The normalized spacial score (nSPS) is 39.0. The van der Waals surface area contributed by atoms with Gasteiger partial charge >= 0.3 is 0 Å². The number of hydrogen-bond acceptors (Lipinski definition) is 1. The highest BCUT2D eigenvalue weighted by Gasteiger charge is 2.20. The predicted molar refractivity (Wildman–Crippen MR) is 41.0 cm³/mol. The molecule has 0 aliphatic carbocycles. The summed E-state index contributed by atoms with van der Waals surface area (Å²) in [5.41, 5.74) is 0. The third-order valence-electron chi connectivity index (χ3n) is 2.14. The molecule has 0 bridgehead atoms. The first-order valence-corrected chi connectivity index (χ1v) is 3.98. The lowest BCUT2D eigenvalue weighted by molar-refractivity contribution is 0.203. The average Bonchev–Trinajstić information content (AvgIpc) is 1.80. The van der Waals surface area contributed by atoms with Gasteiger partial charge in [-0.2, -0.15) is 0 Å². The summed E-state index contributed by atoms with van der Waals surface area (Å²) in [5.74, 6) is 0. The molecule has 0 spiro atoms. The maximum Gasteiger partial charge on any atom is 0.0363 e. The van der Waals surface area contributed by atoms with Gasteiger partial charge in [0.2, 0.25) is 0 Å². The number of nitrogens with zero attached hydrogens (tertiary/aromatic N) is 1. The van der Waals surface area contributed by atoms with E-state index in [0.29, 0.717) is 11.4 Å². The summed E-state index contributed by atoms with van der Waals surface area (Å²) < 4.78 is 0. The molecule has 0 aromatic heterocycles. The van der Waals surface area contributed by atoms with Gasteiger partial charge in [0.15, 0.2) is 0 Å². The fourth-order valence-electron chi connectivity index (χ4n) is 1.23. The third-order valence-corrected chi connectivity index (χ3v) is 2.54. The molecule has 0 radical (unpaired) electrons. The molecule has 2 unspecified atom stereocenters. The van der Waals surface area contributed by atoms with Crippen molar-refractivity contribution in [2.24, 2.45) is 0 Å². The summed E-state index contributed by atoms with van der Waals surface area (Å²) in [6, 6.07) is 0.682. The summed E-state index contributed by atoms with van der Waals surface area (Å²) in [6.45, 7) is 3.39. The molecule has 9 heavy (non-hydrogen) atoms. The highest BCUT2D eigenvalue weighted by atomic mass is 35.5. The standard InChI is InChI=1S/C7H14ClN/c1-6-5-7(8)3-4-9(6)2/h6-7H,3-5H2,1-2H3. The Morgan fingerprint density at radius 3 is 2.67 bits per heavy atom. The molecule has 0 N–H and O–H groups in total. The second kappa shape index (κ2) is 2.89. The predicted octanol–water partition coefficient (Wildman–Crippen LogP) is 1.71. The van der Waals surface area contributed by atoms with Crippen LogP contribution in [-0.2, 0) is 0 Å². The fourth-order valence-corrected chi connectivity index (χ4v) is 1.59. The van der Waals surface area contributed by atoms with Crippen LogP contribution in [0.2, 0.25) is 0 Å². The van der Waals surface area contributed by atoms with Crippen LogP contribution in [0.3, 0.4) is 0 Å². The second-order valence-electron chi connectivity index (χ2n) is 2.95. The van der Waals surface area contributed by atoms with Gasteiger partial charge in [-0.25, -0.2) is 0 Å². The Hall–Kier alpha value is 0.250.